The van der Waals surface area contributed by atoms with Gasteiger partial charge in [-0.3, -0.25) is 0 Å². The first-order chi connectivity index (χ1) is 16.8. The second-order valence-corrected chi connectivity index (χ2v) is 8.04. The Labute approximate surface area is 200 Å². The maximum atomic E-state index is 12.7. The first-order valence-corrected chi connectivity index (χ1v) is 11.1. The van der Waals surface area contributed by atoms with E-state index < -0.39 is 6.36 Å². The molecule has 0 unspecified atom stereocenters. The number of aliphatic hydroxyl groups excluding tert-OH is 1. The van der Waals surface area contributed by atoms with Gasteiger partial charge in [0.05, 0.1) is 25.5 Å². The minimum atomic E-state index is -4.80. The van der Waals surface area contributed by atoms with Crippen LogP contribution in [0, 0.1) is 0 Å². The standard InChI is InChI=1S/C24H26F3N5O3/c1-16(15-33)28-23-30-21(17-3-2-4-20(13-17)35-24(25,26)27)14-22(31-23)29-18-5-7-19(8-6-18)32-9-11-34-12-10-32/h2-8,13-14,16,33H,9-12,15H2,1H3,(H2,28,29,30,31)/t16-/m1/s1. The Bertz CT molecular complexity index is 1120. The molecule has 0 amide bonds. The molecule has 1 aliphatic rings. The minimum absolute atomic E-state index is 0.145. The molecule has 1 atom stereocenters. The molecule has 11 heteroatoms. The van der Waals surface area contributed by atoms with E-state index in [1.165, 1.54) is 18.2 Å². The molecule has 1 aliphatic heterocycles. The summed E-state index contributed by atoms with van der Waals surface area (Å²) in [5.74, 6) is 0.308. The van der Waals surface area contributed by atoms with E-state index in [0.717, 1.165) is 24.5 Å². The molecule has 4 rings (SSSR count). The van der Waals surface area contributed by atoms with E-state index in [0.29, 0.717) is 30.3 Å². The fourth-order valence-corrected chi connectivity index (χ4v) is 3.57. The van der Waals surface area contributed by atoms with E-state index in [2.05, 4.69) is 30.2 Å². The molecule has 8 nitrogen and oxygen atoms in total. The number of nitrogens with one attached hydrogen (secondary N) is 2. The maximum absolute atomic E-state index is 12.7. The van der Waals surface area contributed by atoms with Crippen LogP contribution in [0.1, 0.15) is 6.92 Å². The van der Waals surface area contributed by atoms with Crippen molar-refractivity contribution in [1.82, 2.24) is 9.97 Å². The minimum Gasteiger partial charge on any atom is -0.406 e. The number of anilines is 4. The Hall–Kier alpha value is -3.57. The lowest BCUT2D eigenvalue weighted by Gasteiger charge is -2.28. The number of nitrogens with zero attached hydrogens (tertiary/aromatic N) is 3. The van der Waals surface area contributed by atoms with Crippen molar-refractivity contribution in [2.24, 2.45) is 0 Å². The van der Waals surface area contributed by atoms with Gasteiger partial charge in [0, 0.05) is 42.1 Å². The van der Waals surface area contributed by atoms with E-state index in [9.17, 15) is 18.3 Å². The van der Waals surface area contributed by atoms with Crippen LogP contribution in [0.25, 0.3) is 11.3 Å². The zero-order chi connectivity index (χ0) is 24.8. The number of benzene rings is 2. The number of rotatable bonds is 8. The number of hydrogen-bond acceptors (Lipinski definition) is 8. The highest BCUT2D eigenvalue weighted by molar-refractivity contribution is 5.69. The number of alkyl halides is 3. The first-order valence-electron chi connectivity index (χ1n) is 11.1. The Morgan fingerprint density at radius 3 is 2.51 bits per heavy atom. The van der Waals surface area contributed by atoms with E-state index >= 15 is 0 Å². The molecule has 3 N–H and O–H groups in total. The van der Waals surface area contributed by atoms with Crippen molar-refractivity contribution in [3.8, 4) is 17.0 Å². The summed E-state index contributed by atoms with van der Waals surface area (Å²) >= 11 is 0. The Morgan fingerprint density at radius 1 is 1.09 bits per heavy atom. The number of aromatic nitrogens is 2. The Morgan fingerprint density at radius 2 is 1.83 bits per heavy atom. The van der Waals surface area contributed by atoms with Crippen molar-refractivity contribution in [1.29, 1.82) is 0 Å². The van der Waals surface area contributed by atoms with Gasteiger partial charge >= 0.3 is 6.36 Å². The summed E-state index contributed by atoms with van der Waals surface area (Å²) < 4.78 is 47.5. The summed E-state index contributed by atoms with van der Waals surface area (Å²) in [4.78, 5) is 11.1. The molecule has 3 aromatic rings. The molecule has 0 radical (unpaired) electrons. The average molecular weight is 489 g/mol. The quantitative estimate of drug-likeness (QED) is 0.429. The van der Waals surface area contributed by atoms with E-state index in [4.69, 9.17) is 4.74 Å². The fraction of sp³-hybridized carbons (Fsp3) is 0.333. The molecule has 35 heavy (non-hydrogen) atoms. The normalized spacial score (nSPS) is 14.9. The molecule has 0 saturated carbocycles. The molecular formula is C24H26F3N5O3. The van der Waals surface area contributed by atoms with Gasteiger partial charge in [-0.05, 0) is 43.3 Å². The molecule has 0 spiro atoms. The monoisotopic (exact) mass is 489 g/mol. The zero-order valence-electron chi connectivity index (χ0n) is 19.0. The first kappa shape index (κ1) is 24.6. The van der Waals surface area contributed by atoms with Crippen LogP contribution in [0.2, 0.25) is 0 Å². The van der Waals surface area contributed by atoms with Gasteiger partial charge in [0.1, 0.15) is 11.6 Å². The topological polar surface area (TPSA) is 91.8 Å². The number of halogens is 3. The highest BCUT2D eigenvalue weighted by Crippen LogP contribution is 2.30. The van der Waals surface area contributed by atoms with Gasteiger partial charge in [0.15, 0.2) is 0 Å². The Balaban J connectivity index is 1.60. The summed E-state index contributed by atoms with van der Waals surface area (Å²) in [6, 6.07) is 14.7. The van der Waals surface area contributed by atoms with Gasteiger partial charge in [0.2, 0.25) is 5.95 Å². The molecule has 1 fully saturated rings. The van der Waals surface area contributed by atoms with Gasteiger partial charge in [-0.25, -0.2) is 4.98 Å². The third-order valence-corrected chi connectivity index (χ3v) is 5.25. The lowest BCUT2D eigenvalue weighted by Crippen LogP contribution is -2.36. The van der Waals surface area contributed by atoms with Crippen LogP contribution >= 0.6 is 0 Å². The highest BCUT2D eigenvalue weighted by Gasteiger charge is 2.31. The van der Waals surface area contributed by atoms with Gasteiger partial charge in [-0.1, -0.05) is 12.1 Å². The second-order valence-electron chi connectivity index (χ2n) is 8.04. The smallest absolute Gasteiger partial charge is 0.406 e. The fourth-order valence-electron chi connectivity index (χ4n) is 3.57. The largest absolute Gasteiger partial charge is 0.573 e. The summed E-state index contributed by atoms with van der Waals surface area (Å²) in [5, 5.41) is 15.6. The number of hydrogen-bond donors (Lipinski definition) is 3. The summed E-state index contributed by atoms with van der Waals surface area (Å²) in [5.41, 5.74) is 2.66. The third kappa shape index (κ3) is 6.96. The van der Waals surface area contributed by atoms with Crippen molar-refractivity contribution >= 4 is 23.1 Å². The molecule has 2 aromatic carbocycles. The van der Waals surface area contributed by atoms with Crippen LogP contribution in [0.15, 0.2) is 54.6 Å². The predicted molar refractivity (Wildman–Crippen MR) is 127 cm³/mol. The molecular weight excluding hydrogens is 463 g/mol. The number of aliphatic hydroxyl groups is 1. The SMILES string of the molecule is C[C@H](CO)Nc1nc(Nc2ccc(N3CCOCC3)cc2)cc(-c2cccc(OC(F)(F)F)c2)n1. The van der Waals surface area contributed by atoms with Crippen LogP contribution in [-0.2, 0) is 4.74 Å². The van der Waals surface area contributed by atoms with Crippen LogP contribution in [0.3, 0.4) is 0 Å². The van der Waals surface area contributed by atoms with Crippen LogP contribution in [0.5, 0.6) is 5.75 Å². The molecule has 186 valence electrons. The lowest BCUT2D eigenvalue weighted by atomic mass is 10.1. The van der Waals surface area contributed by atoms with Crippen molar-refractivity contribution in [2.75, 3.05) is 48.4 Å². The zero-order valence-corrected chi connectivity index (χ0v) is 19.0. The highest BCUT2D eigenvalue weighted by atomic mass is 19.4. The predicted octanol–water partition coefficient (Wildman–Crippen LogP) is 4.42. The van der Waals surface area contributed by atoms with E-state index in [1.54, 1.807) is 19.1 Å². The molecule has 0 bridgehead atoms. The van der Waals surface area contributed by atoms with Gasteiger partial charge in [0.25, 0.3) is 0 Å². The van der Waals surface area contributed by atoms with Crippen molar-refractivity contribution in [3.63, 3.8) is 0 Å². The van der Waals surface area contributed by atoms with Crippen LogP contribution in [-0.4, -0.2) is 60.4 Å². The van der Waals surface area contributed by atoms with Crippen molar-refractivity contribution < 1.29 is 27.8 Å². The average Bonchev–Trinajstić information content (AvgIpc) is 2.84. The third-order valence-electron chi connectivity index (χ3n) is 5.25. The molecule has 2 heterocycles. The van der Waals surface area contributed by atoms with Crippen LogP contribution in [0.4, 0.5) is 36.3 Å². The van der Waals surface area contributed by atoms with E-state index in [1.807, 2.05) is 24.3 Å². The lowest BCUT2D eigenvalue weighted by molar-refractivity contribution is -0.274. The number of ether oxygens (including phenoxy) is 2. The van der Waals surface area contributed by atoms with Gasteiger partial charge < -0.3 is 30.1 Å². The molecule has 0 aliphatic carbocycles. The summed E-state index contributed by atoms with van der Waals surface area (Å²) in [6.45, 7) is 4.66. The maximum Gasteiger partial charge on any atom is 0.573 e. The van der Waals surface area contributed by atoms with Gasteiger partial charge in [-0.15, -0.1) is 13.2 Å². The second kappa shape index (κ2) is 10.8. The molecule has 1 aromatic heterocycles. The van der Waals surface area contributed by atoms with Crippen molar-refractivity contribution in [2.45, 2.75) is 19.3 Å². The van der Waals surface area contributed by atoms with Crippen molar-refractivity contribution in [3.05, 3.63) is 54.6 Å². The van der Waals surface area contributed by atoms with Gasteiger partial charge in [-0.2, -0.15) is 4.98 Å². The Kier molecular flexibility index (Phi) is 7.57. The van der Waals surface area contributed by atoms with E-state index in [-0.39, 0.29) is 24.3 Å². The number of morpholine rings is 1. The summed E-state index contributed by atoms with van der Waals surface area (Å²) in [6.07, 6.45) is -4.80. The molecule has 1 saturated heterocycles. The van der Waals surface area contributed by atoms with Crippen LogP contribution < -0.4 is 20.3 Å². The summed E-state index contributed by atoms with van der Waals surface area (Å²) in [7, 11) is 0.